The molecule has 0 aromatic carbocycles. The van der Waals surface area contributed by atoms with E-state index in [1.54, 1.807) is 0 Å². The molecule has 0 atom stereocenters. The first-order valence-electron chi connectivity index (χ1n) is 14.6. The summed E-state index contributed by atoms with van der Waals surface area (Å²) in [5.74, 6) is -4.07. The van der Waals surface area contributed by atoms with Gasteiger partial charge in [-0.2, -0.15) is 0 Å². The fraction of sp³-hybridized carbons (Fsp3) is 0.767. The highest BCUT2D eigenvalue weighted by atomic mass is 79.9. The molecule has 0 aromatic rings. The molecule has 0 fully saturated rings. The Hall–Kier alpha value is -3.31. The van der Waals surface area contributed by atoms with Crippen LogP contribution in [0.3, 0.4) is 0 Å². The zero-order valence-corrected chi connectivity index (χ0v) is 28.5. The van der Waals surface area contributed by atoms with E-state index in [-0.39, 0.29) is 51.8 Å². The summed E-state index contributed by atoms with van der Waals surface area (Å²) in [6.07, 6.45) is 8.55. The molecule has 0 aromatic heterocycles. The molecule has 16 nitrogen and oxygen atoms in total. The van der Waals surface area contributed by atoms with E-state index in [9.17, 15) is 33.6 Å². The van der Waals surface area contributed by atoms with Crippen LogP contribution in [0, 0.1) is 0 Å². The number of methoxy groups -OCH3 is 3. The van der Waals surface area contributed by atoms with Crippen LogP contribution in [0.5, 0.6) is 0 Å². The highest BCUT2D eigenvalue weighted by Gasteiger charge is 2.08. The molecule has 0 heterocycles. The van der Waals surface area contributed by atoms with Crippen molar-refractivity contribution in [3.63, 3.8) is 0 Å². The number of hydrogen-bond acceptors (Lipinski definition) is 14. The molecule has 2 N–H and O–H groups in total. The average molecular weight is 750 g/mol. The van der Waals surface area contributed by atoms with Crippen molar-refractivity contribution in [3.8, 4) is 0 Å². The lowest BCUT2D eigenvalue weighted by Crippen LogP contribution is -2.19. The Morgan fingerprint density at radius 1 is 0.468 bits per heavy atom. The summed E-state index contributed by atoms with van der Waals surface area (Å²) in [4.78, 5) is 74.5. The molecule has 0 amide bonds. The Morgan fingerprint density at radius 3 is 1.09 bits per heavy atom. The van der Waals surface area contributed by atoms with E-state index in [1.165, 1.54) is 21.3 Å². The van der Waals surface area contributed by atoms with Crippen LogP contribution in [0.1, 0.15) is 84.5 Å². The molecule has 0 radical (unpaired) electrons. The van der Waals surface area contributed by atoms with E-state index in [1.807, 2.05) is 0 Å². The average Bonchev–Trinajstić information content (AvgIpc) is 3.02. The lowest BCUT2D eigenvalue weighted by Gasteiger charge is -2.07. The predicted molar refractivity (Wildman–Crippen MR) is 171 cm³/mol. The zero-order valence-electron chi connectivity index (χ0n) is 26.9. The van der Waals surface area contributed by atoms with Crippen molar-refractivity contribution in [2.75, 3.05) is 66.3 Å². The number of halogens is 1. The number of alkyl halides is 1. The van der Waals surface area contributed by atoms with Crippen LogP contribution in [0.15, 0.2) is 0 Å². The lowest BCUT2D eigenvalue weighted by molar-refractivity contribution is -0.156. The predicted octanol–water partition coefficient (Wildman–Crippen LogP) is 3.48. The Labute approximate surface area is 285 Å². The summed E-state index contributed by atoms with van der Waals surface area (Å²) in [7, 11) is 4.11. The second-order valence-corrected chi connectivity index (χ2v) is 9.86. The molecule has 0 bridgehead atoms. The third-order valence-corrected chi connectivity index (χ3v) is 5.73. The van der Waals surface area contributed by atoms with Crippen molar-refractivity contribution in [1.29, 1.82) is 0 Å². The lowest BCUT2D eigenvalue weighted by atomic mass is 10.2. The van der Waals surface area contributed by atoms with E-state index in [0.29, 0.717) is 44.9 Å². The van der Waals surface area contributed by atoms with Gasteiger partial charge in [-0.3, -0.25) is 14.4 Å². The standard InChI is InChI=1S/C18H30O9.C7H13BrO2.C4H6O5.CH4/c1-23-15(19)9-5-3-7-11-26-17(21)13-25-14-18(22)27-12-8-4-6-10-16(20)24-2;1-10-7(9)5-3-2-4-6-8;5-3(6)1-9-2-4(7)8;/h3-14H2,1-2H3;2-6H2,1H3;1-2H2,(H,5,6)(H,7,8);1H4. The molecular formula is C30H53BrO16. The summed E-state index contributed by atoms with van der Waals surface area (Å²) in [5, 5.41) is 16.8. The van der Waals surface area contributed by atoms with Crippen LogP contribution in [0.4, 0.5) is 0 Å². The van der Waals surface area contributed by atoms with Gasteiger partial charge in [0.1, 0.15) is 26.4 Å². The van der Waals surface area contributed by atoms with Crippen molar-refractivity contribution in [2.45, 2.75) is 84.5 Å². The third kappa shape index (κ3) is 47.2. The minimum absolute atomic E-state index is 0. The fourth-order valence-corrected chi connectivity index (χ4v) is 3.24. The first-order chi connectivity index (χ1) is 21.9. The molecule has 0 unspecified atom stereocenters. The van der Waals surface area contributed by atoms with Gasteiger partial charge in [0.15, 0.2) is 0 Å². The highest BCUT2D eigenvalue weighted by Crippen LogP contribution is 2.03. The molecule has 0 aliphatic carbocycles. The van der Waals surface area contributed by atoms with Crippen LogP contribution in [0.2, 0.25) is 0 Å². The van der Waals surface area contributed by atoms with Gasteiger partial charge in [-0.15, -0.1) is 0 Å². The van der Waals surface area contributed by atoms with Crippen molar-refractivity contribution in [3.05, 3.63) is 0 Å². The highest BCUT2D eigenvalue weighted by molar-refractivity contribution is 9.09. The van der Waals surface area contributed by atoms with E-state index < -0.39 is 37.1 Å². The van der Waals surface area contributed by atoms with E-state index in [2.05, 4.69) is 34.9 Å². The number of aliphatic carboxylic acids is 2. The van der Waals surface area contributed by atoms with Crippen molar-refractivity contribution in [1.82, 2.24) is 0 Å². The van der Waals surface area contributed by atoms with Gasteiger partial charge in [0.05, 0.1) is 34.5 Å². The van der Waals surface area contributed by atoms with Gasteiger partial charge in [0.2, 0.25) is 0 Å². The largest absolute Gasteiger partial charge is 0.480 e. The number of unbranched alkanes of at least 4 members (excludes halogenated alkanes) is 6. The van der Waals surface area contributed by atoms with Crippen molar-refractivity contribution < 1.29 is 76.9 Å². The van der Waals surface area contributed by atoms with Gasteiger partial charge in [-0.1, -0.05) is 29.8 Å². The Balaban J connectivity index is -0.000000377. The van der Waals surface area contributed by atoms with Gasteiger partial charge in [-0.05, 0) is 51.4 Å². The molecule has 17 heteroatoms. The van der Waals surface area contributed by atoms with Crippen LogP contribution in [-0.2, 0) is 66.7 Å². The second-order valence-electron chi connectivity index (χ2n) is 9.06. The second kappa shape index (κ2) is 38.9. The zero-order chi connectivity index (χ0) is 35.4. The first kappa shape index (κ1) is 50.5. The van der Waals surface area contributed by atoms with Crippen LogP contribution < -0.4 is 0 Å². The molecule has 47 heavy (non-hydrogen) atoms. The number of carboxylic acid groups (broad SMARTS) is 2. The molecule has 276 valence electrons. The molecule has 0 saturated carbocycles. The summed E-state index contributed by atoms with van der Waals surface area (Å²) in [6, 6.07) is 0. The molecular weight excluding hydrogens is 696 g/mol. The Bertz CT molecular complexity index is 796. The summed E-state index contributed by atoms with van der Waals surface area (Å²) in [6.45, 7) is -1.30. The van der Waals surface area contributed by atoms with Crippen molar-refractivity contribution >= 4 is 57.7 Å². The number of carbonyl (C=O) groups excluding carboxylic acids is 5. The normalized spacial score (nSPS) is 9.53. The maximum atomic E-state index is 11.4. The monoisotopic (exact) mass is 748 g/mol. The number of rotatable bonds is 25. The van der Waals surface area contributed by atoms with Gasteiger partial charge in [0, 0.05) is 24.6 Å². The Kier molecular flexibility index (Phi) is 41.8. The number of carbonyl (C=O) groups is 7. The van der Waals surface area contributed by atoms with Crippen LogP contribution in [0.25, 0.3) is 0 Å². The number of esters is 5. The SMILES string of the molecule is C.COC(=O)CCCCCBr.COC(=O)CCCCCOC(=O)COCC(=O)OCCCCCC(=O)OC.O=C(O)COCC(=O)O. The van der Waals surface area contributed by atoms with Gasteiger partial charge in [0.25, 0.3) is 0 Å². The quantitative estimate of drug-likeness (QED) is 0.0590. The molecule has 0 aliphatic rings. The minimum atomic E-state index is -1.17. The topological polar surface area (TPSA) is 225 Å². The van der Waals surface area contributed by atoms with Gasteiger partial charge in [-0.25, -0.2) is 19.2 Å². The molecule has 0 rings (SSSR count). The molecule has 0 spiro atoms. The number of hydrogen-bond donors (Lipinski definition) is 2. The molecule has 0 saturated heterocycles. The maximum Gasteiger partial charge on any atom is 0.332 e. The van der Waals surface area contributed by atoms with E-state index >= 15 is 0 Å². The number of carboxylic acids is 2. The minimum Gasteiger partial charge on any atom is -0.480 e. The van der Waals surface area contributed by atoms with Gasteiger partial charge >= 0.3 is 41.8 Å². The van der Waals surface area contributed by atoms with E-state index in [0.717, 1.165) is 37.4 Å². The Morgan fingerprint density at radius 2 is 0.787 bits per heavy atom. The molecule has 0 aliphatic heterocycles. The van der Waals surface area contributed by atoms with Gasteiger partial charge < -0.3 is 43.4 Å². The number of ether oxygens (including phenoxy) is 7. The maximum absolute atomic E-state index is 11.4. The first-order valence-corrected chi connectivity index (χ1v) is 15.7. The third-order valence-electron chi connectivity index (χ3n) is 5.17. The summed E-state index contributed by atoms with van der Waals surface area (Å²) in [5.41, 5.74) is 0. The smallest absolute Gasteiger partial charge is 0.332 e. The van der Waals surface area contributed by atoms with Crippen molar-refractivity contribution in [2.24, 2.45) is 0 Å². The van der Waals surface area contributed by atoms with E-state index in [4.69, 9.17) is 24.4 Å². The van der Waals surface area contributed by atoms with Crippen LogP contribution >= 0.6 is 15.9 Å². The fourth-order valence-electron chi connectivity index (χ4n) is 2.84. The summed E-state index contributed by atoms with van der Waals surface area (Å²) >= 11 is 3.32. The summed E-state index contributed by atoms with van der Waals surface area (Å²) < 4.78 is 32.5. The van der Waals surface area contributed by atoms with Crippen LogP contribution in [-0.4, -0.2) is 118 Å².